The zero-order chi connectivity index (χ0) is 15.8. The van der Waals surface area contributed by atoms with Gasteiger partial charge in [0, 0.05) is 19.4 Å². The SMILES string of the molecule is COC(=O)C1CN(C(=O)NC(=O)CCCC(=O)O)CCO1. The number of carbonyl (C=O) groups is 4. The number of ether oxygens (including phenoxy) is 2. The molecule has 1 saturated heterocycles. The van der Waals surface area contributed by atoms with Gasteiger partial charge in [0.1, 0.15) is 0 Å². The Hall–Kier alpha value is -2.16. The van der Waals surface area contributed by atoms with E-state index in [1.165, 1.54) is 12.0 Å². The minimum atomic E-state index is -0.997. The highest BCUT2D eigenvalue weighted by atomic mass is 16.6. The van der Waals surface area contributed by atoms with E-state index < -0.39 is 30.0 Å². The van der Waals surface area contributed by atoms with Gasteiger partial charge in [-0.15, -0.1) is 0 Å². The number of nitrogens with one attached hydrogen (secondary N) is 1. The Balaban J connectivity index is 2.38. The lowest BCUT2D eigenvalue weighted by Gasteiger charge is -2.31. The number of hydrogen-bond acceptors (Lipinski definition) is 6. The Labute approximate surface area is 121 Å². The van der Waals surface area contributed by atoms with Crippen molar-refractivity contribution in [1.29, 1.82) is 0 Å². The molecule has 0 aromatic heterocycles. The molecule has 1 heterocycles. The predicted molar refractivity (Wildman–Crippen MR) is 68.4 cm³/mol. The third-order valence-electron chi connectivity index (χ3n) is 2.86. The van der Waals surface area contributed by atoms with E-state index in [0.717, 1.165) is 0 Å². The molecule has 1 fully saturated rings. The predicted octanol–water partition coefficient (Wildman–Crippen LogP) is -0.649. The van der Waals surface area contributed by atoms with Crippen LogP contribution < -0.4 is 5.32 Å². The molecular weight excluding hydrogens is 284 g/mol. The molecule has 0 saturated carbocycles. The van der Waals surface area contributed by atoms with Crippen molar-refractivity contribution in [3.8, 4) is 0 Å². The van der Waals surface area contributed by atoms with Crippen molar-refractivity contribution in [3.63, 3.8) is 0 Å². The monoisotopic (exact) mass is 302 g/mol. The lowest BCUT2D eigenvalue weighted by molar-refractivity contribution is -0.158. The minimum absolute atomic E-state index is 0.000905. The first-order valence-electron chi connectivity index (χ1n) is 6.44. The fourth-order valence-electron chi connectivity index (χ4n) is 1.77. The number of methoxy groups -OCH3 is 1. The molecule has 21 heavy (non-hydrogen) atoms. The first kappa shape index (κ1) is 16.9. The van der Waals surface area contributed by atoms with Gasteiger partial charge >= 0.3 is 18.0 Å². The van der Waals surface area contributed by atoms with Crippen LogP contribution in [-0.2, 0) is 23.9 Å². The van der Waals surface area contributed by atoms with Gasteiger partial charge in [0.05, 0.1) is 20.3 Å². The summed E-state index contributed by atoms with van der Waals surface area (Å²) >= 11 is 0. The molecule has 118 valence electrons. The summed E-state index contributed by atoms with van der Waals surface area (Å²) in [7, 11) is 1.22. The molecule has 9 nitrogen and oxygen atoms in total. The molecule has 9 heteroatoms. The largest absolute Gasteiger partial charge is 0.481 e. The molecule has 1 atom stereocenters. The Bertz CT molecular complexity index is 424. The van der Waals surface area contributed by atoms with Gasteiger partial charge in [0.2, 0.25) is 5.91 Å². The highest BCUT2D eigenvalue weighted by molar-refractivity contribution is 5.94. The summed E-state index contributed by atoms with van der Waals surface area (Å²) in [6, 6.07) is -0.632. The molecule has 0 bridgehead atoms. The third-order valence-corrected chi connectivity index (χ3v) is 2.86. The van der Waals surface area contributed by atoms with Crippen LogP contribution in [0.5, 0.6) is 0 Å². The van der Waals surface area contributed by atoms with Crippen molar-refractivity contribution in [3.05, 3.63) is 0 Å². The van der Waals surface area contributed by atoms with Crippen LogP contribution in [0.4, 0.5) is 4.79 Å². The van der Waals surface area contributed by atoms with Gasteiger partial charge in [-0.2, -0.15) is 0 Å². The number of rotatable bonds is 5. The number of nitrogens with zero attached hydrogens (tertiary/aromatic N) is 1. The highest BCUT2D eigenvalue weighted by Crippen LogP contribution is 2.07. The molecule has 2 N–H and O–H groups in total. The number of aliphatic carboxylic acids is 1. The molecule has 3 amide bonds. The van der Waals surface area contributed by atoms with E-state index in [1.54, 1.807) is 0 Å². The van der Waals surface area contributed by atoms with Crippen molar-refractivity contribution in [2.45, 2.75) is 25.4 Å². The smallest absolute Gasteiger partial charge is 0.336 e. The number of carboxylic acid groups (broad SMARTS) is 1. The van der Waals surface area contributed by atoms with E-state index in [1.807, 2.05) is 0 Å². The Morgan fingerprint density at radius 3 is 2.67 bits per heavy atom. The van der Waals surface area contributed by atoms with E-state index in [-0.39, 0.29) is 39.0 Å². The average Bonchev–Trinajstić information content (AvgIpc) is 2.46. The van der Waals surface area contributed by atoms with Gasteiger partial charge in [0.15, 0.2) is 6.10 Å². The van der Waals surface area contributed by atoms with Crippen molar-refractivity contribution in [2.24, 2.45) is 0 Å². The summed E-state index contributed by atoms with van der Waals surface area (Å²) in [5.41, 5.74) is 0. The molecule has 1 rings (SSSR count). The second-order valence-corrected chi connectivity index (χ2v) is 4.43. The molecule has 0 aromatic carbocycles. The summed E-state index contributed by atoms with van der Waals surface area (Å²) in [4.78, 5) is 46.2. The molecule has 0 aromatic rings. The standard InChI is InChI=1S/C12H18N2O7/c1-20-11(18)8-7-14(5-6-21-8)12(19)13-9(15)3-2-4-10(16)17/h8H,2-7H2,1H3,(H,16,17)(H,13,15,19). The summed E-state index contributed by atoms with van der Waals surface area (Å²) in [6.45, 7) is 0.420. The Morgan fingerprint density at radius 1 is 1.33 bits per heavy atom. The van der Waals surface area contributed by atoms with Crippen LogP contribution in [0.3, 0.4) is 0 Å². The molecule has 1 aliphatic heterocycles. The molecule has 0 spiro atoms. The molecule has 0 aliphatic carbocycles. The quantitative estimate of drug-likeness (QED) is 0.647. The van der Waals surface area contributed by atoms with Gasteiger partial charge in [-0.25, -0.2) is 9.59 Å². The summed E-state index contributed by atoms with van der Waals surface area (Å²) in [6.07, 6.45) is -0.897. The van der Waals surface area contributed by atoms with Crippen LogP contribution in [0.2, 0.25) is 0 Å². The summed E-state index contributed by atoms with van der Waals surface area (Å²) in [5, 5.41) is 10.6. The number of urea groups is 1. The normalized spacial score (nSPS) is 18.0. The highest BCUT2D eigenvalue weighted by Gasteiger charge is 2.30. The number of hydrogen-bond donors (Lipinski definition) is 2. The number of carboxylic acids is 1. The van der Waals surface area contributed by atoms with E-state index in [0.29, 0.717) is 0 Å². The van der Waals surface area contributed by atoms with Gasteiger partial charge in [0.25, 0.3) is 0 Å². The Kier molecular flexibility index (Phi) is 6.60. The lowest BCUT2D eigenvalue weighted by Crippen LogP contribution is -2.53. The van der Waals surface area contributed by atoms with Crippen LogP contribution >= 0.6 is 0 Å². The van der Waals surface area contributed by atoms with Crippen LogP contribution in [-0.4, -0.2) is 66.8 Å². The Morgan fingerprint density at radius 2 is 2.05 bits per heavy atom. The maximum Gasteiger partial charge on any atom is 0.336 e. The fourth-order valence-corrected chi connectivity index (χ4v) is 1.77. The topological polar surface area (TPSA) is 122 Å². The van der Waals surface area contributed by atoms with Gasteiger partial charge in [-0.05, 0) is 6.42 Å². The van der Waals surface area contributed by atoms with E-state index in [9.17, 15) is 19.2 Å². The summed E-state index contributed by atoms with van der Waals surface area (Å²) in [5.74, 6) is -2.13. The second kappa shape index (κ2) is 8.20. The third kappa shape index (κ3) is 5.78. The number of imide groups is 1. The second-order valence-electron chi connectivity index (χ2n) is 4.43. The van der Waals surface area contributed by atoms with Crippen LogP contribution in [0.25, 0.3) is 0 Å². The first-order chi connectivity index (χ1) is 9.93. The van der Waals surface area contributed by atoms with Crippen LogP contribution in [0, 0.1) is 0 Å². The van der Waals surface area contributed by atoms with Gasteiger partial charge in [-0.1, -0.05) is 0 Å². The van der Waals surface area contributed by atoms with Crippen molar-refractivity contribution >= 4 is 23.9 Å². The average molecular weight is 302 g/mol. The lowest BCUT2D eigenvalue weighted by atomic mass is 10.2. The van der Waals surface area contributed by atoms with E-state index >= 15 is 0 Å². The van der Waals surface area contributed by atoms with E-state index in [4.69, 9.17) is 9.84 Å². The van der Waals surface area contributed by atoms with Crippen molar-refractivity contribution < 1.29 is 33.8 Å². The summed E-state index contributed by atoms with van der Waals surface area (Å²) < 4.78 is 9.69. The molecular formula is C12H18N2O7. The van der Waals surface area contributed by atoms with Crippen LogP contribution in [0.15, 0.2) is 0 Å². The minimum Gasteiger partial charge on any atom is -0.481 e. The fraction of sp³-hybridized carbons (Fsp3) is 0.667. The van der Waals surface area contributed by atoms with Crippen LogP contribution in [0.1, 0.15) is 19.3 Å². The maximum atomic E-state index is 11.8. The molecule has 1 unspecified atom stereocenters. The first-order valence-corrected chi connectivity index (χ1v) is 6.44. The van der Waals surface area contributed by atoms with Crippen molar-refractivity contribution in [2.75, 3.05) is 26.8 Å². The van der Waals surface area contributed by atoms with Crippen molar-refractivity contribution in [1.82, 2.24) is 10.2 Å². The number of amides is 3. The molecule has 1 aliphatic rings. The number of carbonyl (C=O) groups excluding carboxylic acids is 3. The zero-order valence-electron chi connectivity index (χ0n) is 11.7. The molecule has 0 radical (unpaired) electrons. The van der Waals surface area contributed by atoms with Gasteiger partial charge in [-0.3, -0.25) is 14.9 Å². The van der Waals surface area contributed by atoms with Gasteiger partial charge < -0.3 is 19.5 Å². The number of esters is 1. The maximum absolute atomic E-state index is 11.8. The zero-order valence-corrected chi connectivity index (χ0v) is 11.7. The number of morpholine rings is 1. The van der Waals surface area contributed by atoms with E-state index in [2.05, 4.69) is 10.1 Å².